The van der Waals surface area contributed by atoms with E-state index in [9.17, 15) is 4.79 Å². The fourth-order valence-electron chi connectivity index (χ4n) is 1.73. The molecule has 0 fully saturated rings. The topological polar surface area (TPSA) is 93.9 Å². The first-order chi connectivity index (χ1) is 9.58. The minimum absolute atomic E-state index is 0.0204. The number of aromatic nitrogens is 2. The van der Waals surface area contributed by atoms with Crippen LogP contribution in [0.2, 0.25) is 0 Å². The zero-order chi connectivity index (χ0) is 14.5. The van der Waals surface area contributed by atoms with Crippen molar-refractivity contribution in [1.29, 1.82) is 5.26 Å². The second-order valence-electron chi connectivity index (χ2n) is 4.35. The maximum Gasteiger partial charge on any atom is 0.328 e. The summed E-state index contributed by atoms with van der Waals surface area (Å²) >= 11 is 0. The Morgan fingerprint density at radius 2 is 2.30 bits per heavy atom. The molecule has 0 atom stereocenters. The smallest absolute Gasteiger partial charge is 0.328 e. The van der Waals surface area contributed by atoms with Crippen LogP contribution in [0.4, 0.5) is 5.82 Å². The molecule has 2 aromatic rings. The van der Waals surface area contributed by atoms with Gasteiger partial charge in [0.2, 0.25) is 0 Å². The summed E-state index contributed by atoms with van der Waals surface area (Å²) in [5.41, 5.74) is 7.83. The minimum atomic E-state index is -0.392. The van der Waals surface area contributed by atoms with Gasteiger partial charge in [-0.2, -0.15) is 10.4 Å². The molecule has 0 aliphatic carbocycles. The van der Waals surface area contributed by atoms with Gasteiger partial charge in [-0.3, -0.25) is 9.48 Å². The fourth-order valence-corrected chi connectivity index (χ4v) is 1.73. The highest BCUT2D eigenvalue weighted by atomic mass is 16.5. The number of hydrogen-bond acceptors (Lipinski definition) is 5. The van der Waals surface area contributed by atoms with Crippen molar-refractivity contribution < 1.29 is 9.53 Å². The number of carbonyl (C=O) groups excluding carboxylic acids is 1. The van der Waals surface area contributed by atoms with Crippen molar-refractivity contribution in [2.45, 2.75) is 20.1 Å². The molecule has 1 aromatic heterocycles. The first-order valence-corrected chi connectivity index (χ1v) is 6.02. The molecule has 0 unspecified atom stereocenters. The average Bonchev–Trinajstić information content (AvgIpc) is 2.82. The van der Waals surface area contributed by atoms with Crippen LogP contribution in [0.25, 0.3) is 0 Å². The number of rotatable bonds is 4. The number of esters is 1. The van der Waals surface area contributed by atoms with Gasteiger partial charge in [-0.1, -0.05) is 6.07 Å². The van der Waals surface area contributed by atoms with Crippen LogP contribution < -0.4 is 5.73 Å². The molecule has 0 spiro atoms. The first-order valence-electron chi connectivity index (χ1n) is 6.02. The largest absolute Gasteiger partial charge is 0.459 e. The number of benzene rings is 1. The van der Waals surface area contributed by atoms with Gasteiger partial charge in [-0.15, -0.1) is 0 Å². The Bertz CT molecular complexity index is 670. The number of aryl methyl sites for hydroxylation is 1. The van der Waals surface area contributed by atoms with E-state index in [4.69, 9.17) is 15.7 Å². The number of nitrogen functional groups attached to an aromatic ring is 1. The maximum absolute atomic E-state index is 11.7. The molecule has 0 aliphatic heterocycles. The third-order valence-corrected chi connectivity index (χ3v) is 2.81. The second-order valence-corrected chi connectivity index (χ2v) is 4.35. The van der Waals surface area contributed by atoms with Crippen LogP contribution in [0.15, 0.2) is 30.5 Å². The van der Waals surface area contributed by atoms with Crippen molar-refractivity contribution in [3.8, 4) is 6.07 Å². The molecule has 102 valence electrons. The van der Waals surface area contributed by atoms with Crippen molar-refractivity contribution in [1.82, 2.24) is 9.78 Å². The Morgan fingerprint density at radius 3 is 2.90 bits per heavy atom. The van der Waals surface area contributed by atoms with Gasteiger partial charge in [-0.25, -0.2) is 0 Å². The van der Waals surface area contributed by atoms with E-state index in [2.05, 4.69) is 11.2 Å². The number of ether oxygens (including phenoxy) is 1. The highest BCUT2D eigenvalue weighted by Crippen LogP contribution is 2.12. The summed E-state index contributed by atoms with van der Waals surface area (Å²) in [6.45, 7) is 2.07. The zero-order valence-corrected chi connectivity index (χ0v) is 11.0. The Hall–Kier alpha value is -2.81. The lowest BCUT2D eigenvalue weighted by Gasteiger charge is -2.08. The van der Waals surface area contributed by atoms with Crippen LogP contribution >= 0.6 is 0 Å². The monoisotopic (exact) mass is 270 g/mol. The van der Waals surface area contributed by atoms with Gasteiger partial charge in [0.25, 0.3) is 0 Å². The molecule has 2 rings (SSSR count). The van der Waals surface area contributed by atoms with E-state index in [-0.39, 0.29) is 13.2 Å². The predicted octanol–water partition coefficient (Wildman–Crippen LogP) is 1.39. The number of nitriles is 1. The standard InChI is InChI=1S/C14H14N4O2/c1-10-6-11(7-15)2-3-12(10)9-20-14(19)8-18-5-4-13(16)17-18/h2-6H,8-9H2,1H3,(H2,16,17). The molecule has 0 saturated heterocycles. The molecule has 1 heterocycles. The van der Waals surface area contributed by atoms with E-state index < -0.39 is 5.97 Å². The molecule has 6 nitrogen and oxygen atoms in total. The van der Waals surface area contributed by atoms with Crippen LogP contribution in [0.1, 0.15) is 16.7 Å². The van der Waals surface area contributed by atoms with Crippen LogP contribution in [-0.2, 0) is 22.7 Å². The molecular weight excluding hydrogens is 256 g/mol. The van der Waals surface area contributed by atoms with Gasteiger partial charge >= 0.3 is 5.97 Å². The summed E-state index contributed by atoms with van der Waals surface area (Å²) in [4.78, 5) is 11.7. The summed E-state index contributed by atoms with van der Waals surface area (Å²) in [5, 5.41) is 12.7. The molecule has 0 amide bonds. The van der Waals surface area contributed by atoms with Crippen LogP contribution in [0.5, 0.6) is 0 Å². The lowest BCUT2D eigenvalue weighted by molar-refractivity contribution is -0.145. The molecule has 0 saturated carbocycles. The van der Waals surface area contributed by atoms with Gasteiger partial charge in [0.1, 0.15) is 19.0 Å². The number of nitrogens with zero attached hydrogens (tertiary/aromatic N) is 3. The second kappa shape index (κ2) is 5.89. The van der Waals surface area contributed by atoms with Gasteiger partial charge in [0.15, 0.2) is 0 Å². The van der Waals surface area contributed by atoms with Crippen molar-refractivity contribution in [3.05, 3.63) is 47.2 Å². The Kier molecular flexibility index (Phi) is 4.01. The predicted molar refractivity (Wildman–Crippen MR) is 72.3 cm³/mol. The maximum atomic E-state index is 11.7. The van der Waals surface area contributed by atoms with E-state index in [0.29, 0.717) is 11.4 Å². The highest BCUT2D eigenvalue weighted by Gasteiger charge is 2.07. The lowest BCUT2D eigenvalue weighted by atomic mass is 10.1. The summed E-state index contributed by atoms with van der Waals surface area (Å²) in [7, 11) is 0. The molecule has 20 heavy (non-hydrogen) atoms. The minimum Gasteiger partial charge on any atom is -0.459 e. The van der Waals surface area contributed by atoms with Crippen LogP contribution in [0, 0.1) is 18.3 Å². The molecule has 0 radical (unpaired) electrons. The van der Waals surface area contributed by atoms with E-state index in [1.165, 1.54) is 4.68 Å². The van der Waals surface area contributed by atoms with Gasteiger partial charge in [0, 0.05) is 6.20 Å². The van der Waals surface area contributed by atoms with E-state index in [1.807, 2.05) is 6.92 Å². The van der Waals surface area contributed by atoms with Crippen LogP contribution in [0.3, 0.4) is 0 Å². The number of nitrogens with two attached hydrogens (primary N) is 1. The molecule has 0 bridgehead atoms. The molecule has 6 heteroatoms. The summed E-state index contributed by atoms with van der Waals surface area (Å²) in [6.07, 6.45) is 1.61. The average molecular weight is 270 g/mol. The molecule has 0 aliphatic rings. The lowest BCUT2D eigenvalue weighted by Crippen LogP contribution is -2.14. The molecular formula is C14H14N4O2. The molecule has 1 aromatic carbocycles. The number of carbonyl (C=O) groups is 1. The van der Waals surface area contributed by atoms with Gasteiger partial charge < -0.3 is 10.5 Å². The summed E-state index contributed by atoms with van der Waals surface area (Å²) < 4.78 is 6.59. The highest BCUT2D eigenvalue weighted by molar-refractivity contribution is 5.69. The normalized spacial score (nSPS) is 10.0. The third kappa shape index (κ3) is 3.36. The van der Waals surface area contributed by atoms with Crippen molar-refractivity contribution in [2.75, 3.05) is 5.73 Å². The van der Waals surface area contributed by atoms with E-state index in [1.54, 1.807) is 30.5 Å². The Morgan fingerprint density at radius 1 is 1.50 bits per heavy atom. The summed E-state index contributed by atoms with van der Waals surface area (Å²) in [5.74, 6) is -0.0300. The Balaban J connectivity index is 1.92. The SMILES string of the molecule is Cc1cc(C#N)ccc1COC(=O)Cn1ccc(N)n1. The quantitative estimate of drug-likeness (QED) is 0.847. The van der Waals surface area contributed by atoms with Crippen molar-refractivity contribution in [2.24, 2.45) is 0 Å². The fraction of sp³-hybridized carbons (Fsp3) is 0.214. The first kappa shape index (κ1) is 13.6. The van der Waals surface area contributed by atoms with E-state index >= 15 is 0 Å². The van der Waals surface area contributed by atoms with Crippen molar-refractivity contribution in [3.63, 3.8) is 0 Å². The van der Waals surface area contributed by atoms with Crippen molar-refractivity contribution >= 4 is 11.8 Å². The van der Waals surface area contributed by atoms with Gasteiger partial charge in [0.05, 0.1) is 11.6 Å². The van der Waals surface area contributed by atoms with Crippen LogP contribution in [-0.4, -0.2) is 15.7 Å². The summed E-state index contributed by atoms with van der Waals surface area (Å²) in [6, 6.07) is 8.92. The zero-order valence-electron chi connectivity index (χ0n) is 11.0. The van der Waals surface area contributed by atoms with E-state index in [0.717, 1.165) is 11.1 Å². The van der Waals surface area contributed by atoms with Gasteiger partial charge in [-0.05, 0) is 36.2 Å². The number of anilines is 1. The number of hydrogen-bond donors (Lipinski definition) is 1. The molecule has 2 N–H and O–H groups in total. The third-order valence-electron chi connectivity index (χ3n) is 2.81. The Labute approximate surface area is 116 Å².